The topological polar surface area (TPSA) is 111 Å². The lowest BCUT2D eigenvalue weighted by Gasteiger charge is -2.21. The Kier molecular flexibility index (Phi) is 6.24. The van der Waals surface area contributed by atoms with E-state index in [9.17, 15) is 19.7 Å². The average Bonchev–Trinajstić information content (AvgIpc) is 2.45. The highest BCUT2D eigenvalue weighted by Gasteiger charge is 2.15. The lowest BCUT2D eigenvalue weighted by molar-refractivity contribution is -0.385. The summed E-state index contributed by atoms with van der Waals surface area (Å²) in [6.07, 6.45) is 1.73. The number of nitro groups is 1. The summed E-state index contributed by atoms with van der Waals surface area (Å²) in [5.41, 5.74) is 5.25. The van der Waals surface area contributed by atoms with Crippen molar-refractivity contribution >= 4 is 11.6 Å². The average molecular weight is 310 g/mol. The van der Waals surface area contributed by atoms with E-state index >= 15 is 0 Å². The molecule has 1 aromatic heterocycles. The number of rotatable bonds is 7. The van der Waals surface area contributed by atoms with Gasteiger partial charge < -0.3 is 10.6 Å². The number of hydrogen-bond acceptors (Lipinski definition) is 5. The normalized spacial score (nSPS) is 12.2. The molecule has 0 aromatic carbocycles. The summed E-state index contributed by atoms with van der Waals surface area (Å²) < 4.78 is 1.04. The van der Waals surface area contributed by atoms with Gasteiger partial charge >= 0.3 is 0 Å². The molecule has 1 heterocycles. The smallest absolute Gasteiger partial charge is 0.285 e. The van der Waals surface area contributed by atoms with Crippen LogP contribution in [0.25, 0.3) is 0 Å². The number of amides is 1. The van der Waals surface area contributed by atoms with Crippen LogP contribution in [0, 0.1) is 16.0 Å². The number of likely N-dealkylation sites (N-methyl/N-ethyl adjacent to an activating group) is 1. The number of carbonyl (C=O) groups is 1. The van der Waals surface area contributed by atoms with Crippen molar-refractivity contribution in [3.63, 3.8) is 0 Å². The van der Waals surface area contributed by atoms with Crippen molar-refractivity contribution in [2.75, 3.05) is 13.6 Å². The van der Waals surface area contributed by atoms with Gasteiger partial charge in [0.25, 0.3) is 11.2 Å². The van der Waals surface area contributed by atoms with Gasteiger partial charge in [-0.15, -0.1) is 0 Å². The molecule has 0 radical (unpaired) electrons. The van der Waals surface area contributed by atoms with Gasteiger partial charge in [-0.2, -0.15) is 0 Å². The molecule has 122 valence electrons. The van der Waals surface area contributed by atoms with Crippen molar-refractivity contribution in [2.24, 2.45) is 11.7 Å². The first-order valence-electron chi connectivity index (χ1n) is 7.06. The Morgan fingerprint density at radius 3 is 2.64 bits per heavy atom. The quantitative estimate of drug-likeness (QED) is 0.585. The molecular formula is C14H22N4O4. The van der Waals surface area contributed by atoms with Crippen LogP contribution in [-0.2, 0) is 11.3 Å². The van der Waals surface area contributed by atoms with Crippen LogP contribution in [0.1, 0.15) is 20.3 Å². The molecule has 0 spiro atoms. The van der Waals surface area contributed by atoms with Gasteiger partial charge in [-0.25, -0.2) is 0 Å². The number of carbonyl (C=O) groups excluding carboxylic acids is 1. The highest BCUT2D eigenvalue weighted by molar-refractivity contribution is 5.75. The van der Waals surface area contributed by atoms with Gasteiger partial charge in [-0.05, 0) is 12.3 Å². The Labute approximate surface area is 128 Å². The van der Waals surface area contributed by atoms with Crippen molar-refractivity contribution in [3.05, 3.63) is 38.8 Å². The molecule has 1 amide bonds. The lowest BCUT2D eigenvalue weighted by atomic mass is 10.0. The second-order valence-electron chi connectivity index (χ2n) is 5.62. The molecule has 0 aliphatic heterocycles. The van der Waals surface area contributed by atoms with Crippen LogP contribution < -0.4 is 11.3 Å². The van der Waals surface area contributed by atoms with Crippen molar-refractivity contribution in [1.29, 1.82) is 0 Å². The van der Waals surface area contributed by atoms with E-state index in [0.717, 1.165) is 22.9 Å². The Hall–Kier alpha value is -2.22. The number of aromatic nitrogens is 1. The first kappa shape index (κ1) is 17.8. The molecule has 0 aliphatic rings. The standard InChI is InChI=1S/C14H22N4O4/c1-10(2)12(15)6-7-16(3)14(20)9-17-8-11(18(21)22)4-5-13(17)19/h4-5,8,10,12H,6-7,9,15H2,1-3H3. The summed E-state index contributed by atoms with van der Waals surface area (Å²) in [4.78, 5) is 35.3. The highest BCUT2D eigenvalue weighted by Crippen LogP contribution is 2.07. The zero-order chi connectivity index (χ0) is 16.9. The second-order valence-corrected chi connectivity index (χ2v) is 5.62. The fourth-order valence-electron chi connectivity index (χ4n) is 1.82. The van der Waals surface area contributed by atoms with Crippen LogP contribution in [0.3, 0.4) is 0 Å². The van der Waals surface area contributed by atoms with Gasteiger partial charge in [0.1, 0.15) is 6.54 Å². The number of nitrogens with zero attached hydrogens (tertiary/aromatic N) is 3. The van der Waals surface area contributed by atoms with Gasteiger partial charge in [0.05, 0.1) is 11.1 Å². The van der Waals surface area contributed by atoms with Crippen LogP contribution in [0.4, 0.5) is 5.69 Å². The molecule has 0 saturated heterocycles. The van der Waals surface area contributed by atoms with Crippen molar-refractivity contribution < 1.29 is 9.72 Å². The minimum Gasteiger partial charge on any atom is -0.344 e. The number of pyridine rings is 1. The summed E-state index contributed by atoms with van der Waals surface area (Å²) in [7, 11) is 1.62. The first-order valence-corrected chi connectivity index (χ1v) is 7.06. The fraction of sp³-hybridized carbons (Fsp3) is 0.571. The summed E-state index contributed by atoms with van der Waals surface area (Å²) in [6, 6.07) is 2.20. The first-order chi connectivity index (χ1) is 10.2. The molecule has 0 aliphatic carbocycles. The van der Waals surface area contributed by atoms with Crippen LogP contribution in [0.5, 0.6) is 0 Å². The van der Waals surface area contributed by atoms with E-state index in [1.165, 1.54) is 4.90 Å². The van der Waals surface area contributed by atoms with Crippen molar-refractivity contribution in [2.45, 2.75) is 32.9 Å². The molecule has 1 aromatic rings. The Bertz CT molecular complexity index is 597. The predicted octanol–water partition coefficient (Wildman–Crippen LogP) is 0.588. The monoisotopic (exact) mass is 310 g/mol. The van der Waals surface area contributed by atoms with E-state index in [4.69, 9.17) is 5.73 Å². The maximum absolute atomic E-state index is 12.1. The molecule has 1 unspecified atom stereocenters. The summed E-state index contributed by atoms with van der Waals surface area (Å²) in [5, 5.41) is 10.7. The van der Waals surface area contributed by atoms with Crippen LogP contribution >= 0.6 is 0 Å². The van der Waals surface area contributed by atoms with E-state index in [2.05, 4.69) is 0 Å². The SMILES string of the molecule is CC(C)C(N)CCN(C)C(=O)Cn1cc([N+](=O)[O-])ccc1=O. The van der Waals surface area contributed by atoms with Gasteiger partial charge in [0.2, 0.25) is 5.91 Å². The minimum atomic E-state index is -0.605. The third-order valence-electron chi connectivity index (χ3n) is 3.56. The summed E-state index contributed by atoms with van der Waals surface area (Å²) in [5.74, 6) is 0.0291. The maximum atomic E-state index is 12.1. The third kappa shape index (κ3) is 4.96. The minimum absolute atomic E-state index is 0.00390. The molecule has 8 nitrogen and oxygen atoms in total. The Morgan fingerprint density at radius 2 is 2.09 bits per heavy atom. The molecule has 1 atom stereocenters. The van der Waals surface area contributed by atoms with Gasteiger partial charge in [0.15, 0.2) is 0 Å². The van der Waals surface area contributed by atoms with Gasteiger partial charge in [0, 0.05) is 31.8 Å². The van der Waals surface area contributed by atoms with Crippen LogP contribution in [-0.4, -0.2) is 39.9 Å². The van der Waals surface area contributed by atoms with E-state index in [1.807, 2.05) is 13.8 Å². The number of hydrogen-bond donors (Lipinski definition) is 1. The van der Waals surface area contributed by atoms with Crippen LogP contribution in [0.15, 0.2) is 23.1 Å². The Balaban J connectivity index is 2.70. The van der Waals surface area contributed by atoms with Crippen LogP contribution in [0.2, 0.25) is 0 Å². The molecule has 1 rings (SSSR count). The molecule has 2 N–H and O–H groups in total. The molecule has 8 heteroatoms. The lowest BCUT2D eigenvalue weighted by Crippen LogP contribution is -2.37. The fourth-order valence-corrected chi connectivity index (χ4v) is 1.82. The maximum Gasteiger partial charge on any atom is 0.285 e. The van der Waals surface area contributed by atoms with E-state index in [0.29, 0.717) is 18.9 Å². The number of nitrogens with two attached hydrogens (primary N) is 1. The van der Waals surface area contributed by atoms with E-state index in [1.54, 1.807) is 7.05 Å². The third-order valence-corrected chi connectivity index (χ3v) is 3.56. The van der Waals surface area contributed by atoms with Gasteiger partial charge in [-0.1, -0.05) is 13.8 Å². The molecule has 0 saturated carbocycles. The molecule has 0 fully saturated rings. The second kappa shape index (κ2) is 7.69. The van der Waals surface area contributed by atoms with Gasteiger partial charge in [-0.3, -0.25) is 24.3 Å². The predicted molar refractivity (Wildman–Crippen MR) is 82.4 cm³/mol. The molecule has 0 bridgehead atoms. The van der Waals surface area contributed by atoms with Crippen molar-refractivity contribution in [3.8, 4) is 0 Å². The summed E-state index contributed by atoms with van der Waals surface area (Å²) in [6.45, 7) is 4.26. The van der Waals surface area contributed by atoms with E-state index in [-0.39, 0.29) is 24.2 Å². The van der Waals surface area contributed by atoms with E-state index < -0.39 is 10.5 Å². The summed E-state index contributed by atoms with van der Waals surface area (Å²) >= 11 is 0. The zero-order valence-corrected chi connectivity index (χ0v) is 13.1. The molecule has 22 heavy (non-hydrogen) atoms. The Morgan fingerprint density at radius 1 is 1.45 bits per heavy atom. The zero-order valence-electron chi connectivity index (χ0n) is 13.1. The van der Waals surface area contributed by atoms with Crippen molar-refractivity contribution in [1.82, 2.24) is 9.47 Å². The molecular weight excluding hydrogens is 288 g/mol. The largest absolute Gasteiger partial charge is 0.344 e. The highest BCUT2D eigenvalue weighted by atomic mass is 16.6.